The Morgan fingerprint density at radius 2 is 1.62 bits per heavy atom. The third kappa shape index (κ3) is 3.31. The minimum Gasteiger partial charge on any atom is -0.396 e. The first-order chi connectivity index (χ1) is 9.88. The molecule has 0 aliphatic heterocycles. The molecule has 1 amide bonds. The maximum Gasteiger partial charge on any atom is 0.229 e. The van der Waals surface area contributed by atoms with Crippen molar-refractivity contribution in [3.05, 3.63) is 59.2 Å². The highest BCUT2D eigenvalue weighted by molar-refractivity contribution is 5.92. The molecule has 0 radical (unpaired) electrons. The zero-order valence-electron chi connectivity index (χ0n) is 10.6. The highest BCUT2D eigenvalue weighted by Gasteiger charge is 2.15. The molecule has 0 unspecified atom stereocenters. The van der Waals surface area contributed by atoms with Crippen molar-refractivity contribution >= 4 is 17.3 Å². The fourth-order valence-electron chi connectivity index (χ4n) is 1.72. The average Bonchev–Trinajstić information content (AvgIpc) is 2.40. The number of hydrogen-bond acceptors (Lipinski definition) is 2. The van der Waals surface area contributed by atoms with E-state index in [0.717, 1.165) is 24.3 Å². The first-order valence-corrected chi connectivity index (χ1v) is 5.85. The van der Waals surface area contributed by atoms with Crippen LogP contribution in [0.4, 0.5) is 28.9 Å². The van der Waals surface area contributed by atoms with Gasteiger partial charge in [-0.2, -0.15) is 0 Å². The van der Waals surface area contributed by atoms with Gasteiger partial charge in [-0.05, 0) is 18.2 Å². The van der Waals surface area contributed by atoms with E-state index in [4.69, 9.17) is 5.73 Å². The number of anilines is 2. The van der Waals surface area contributed by atoms with Crippen molar-refractivity contribution in [3.8, 4) is 0 Å². The third-order valence-corrected chi connectivity index (χ3v) is 2.76. The molecule has 0 aliphatic rings. The largest absolute Gasteiger partial charge is 0.396 e. The summed E-state index contributed by atoms with van der Waals surface area (Å²) in [5.41, 5.74) is 4.09. The van der Waals surface area contributed by atoms with Crippen LogP contribution in [0.1, 0.15) is 5.56 Å². The quantitative estimate of drug-likeness (QED) is 0.676. The number of nitrogens with one attached hydrogen (secondary N) is 1. The van der Waals surface area contributed by atoms with Gasteiger partial charge in [0.1, 0.15) is 23.3 Å². The van der Waals surface area contributed by atoms with Gasteiger partial charge in [-0.3, -0.25) is 4.79 Å². The summed E-state index contributed by atoms with van der Waals surface area (Å²) in [4.78, 5) is 11.7. The molecule has 3 N–H and O–H groups in total. The minimum absolute atomic E-state index is 0.358. The Morgan fingerprint density at radius 3 is 2.24 bits per heavy atom. The number of halogens is 4. The van der Waals surface area contributed by atoms with Crippen molar-refractivity contribution in [3.63, 3.8) is 0 Å². The van der Waals surface area contributed by atoms with Crippen molar-refractivity contribution < 1.29 is 22.4 Å². The van der Waals surface area contributed by atoms with Crippen LogP contribution in [-0.2, 0) is 11.2 Å². The molecule has 2 aromatic rings. The van der Waals surface area contributed by atoms with E-state index in [2.05, 4.69) is 5.32 Å². The van der Waals surface area contributed by atoms with Crippen molar-refractivity contribution in [2.75, 3.05) is 11.1 Å². The number of amides is 1. The molecule has 3 nitrogen and oxygen atoms in total. The molecule has 0 saturated heterocycles. The van der Waals surface area contributed by atoms with Crippen LogP contribution in [0.2, 0.25) is 0 Å². The van der Waals surface area contributed by atoms with Crippen LogP contribution in [0.25, 0.3) is 0 Å². The van der Waals surface area contributed by atoms with Crippen LogP contribution in [0.5, 0.6) is 0 Å². The second kappa shape index (κ2) is 5.82. The van der Waals surface area contributed by atoms with Gasteiger partial charge in [-0.15, -0.1) is 0 Å². The molecule has 2 rings (SSSR count). The van der Waals surface area contributed by atoms with Gasteiger partial charge in [-0.1, -0.05) is 6.07 Å². The number of carbonyl (C=O) groups is 1. The number of benzene rings is 2. The lowest BCUT2D eigenvalue weighted by atomic mass is 10.1. The average molecular weight is 298 g/mol. The zero-order valence-corrected chi connectivity index (χ0v) is 10.6. The fraction of sp³-hybridized carbons (Fsp3) is 0.0714. The van der Waals surface area contributed by atoms with E-state index < -0.39 is 41.2 Å². The standard InChI is InChI=1S/C14H10F4N2O/c15-8-2-1-3-9(16)7(8)4-14(21)20-13-6-12(19)10(17)5-11(13)18/h1-3,5-6H,4,19H2,(H,20,21). The van der Waals surface area contributed by atoms with Crippen molar-refractivity contribution in [2.45, 2.75) is 6.42 Å². The summed E-state index contributed by atoms with van der Waals surface area (Å²) >= 11 is 0. The Morgan fingerprint density at radius 1 is 1.00 bits per heavy atom. The highest BCUT2D eigenvalue weighted by atomic mass is 19.1. The van der Waals surface area contributed by atoms with Gasteiger partial charge in [-0.25, -0.2) is 17.6 Å². The Hall–Kier alpha value is -2.57. The van der Waals surface area contributed by atoms with E-state index in [1.54, 1.807) is 0 Å². The maximum atomic E-state index is 13.4. The van der Waals surface area contributed by atoms with E-state index >= 15 is 0 Å². The van der Waals surface area contributed by atoms with Crippen molar-refractivity contribution in [1.82, 2.24) is 0 Å². The molecule has 0 aliphatic carbocycles. The molecule has 0 fully saturated rings. The van der Waals surface area contributed by atoms with Crippen molar-refractivity contribution in [2.24, 2.45) is 0 Å². The molecular weight excluding hydrogens is 288 g/mol. The molecule has 21 heavy (non-hydrogen) atoms. The number of nitrogen functional groups attached to an aromatic ring is 1. The number of hydrogen-bond donors (Lipinski definition) is 2. The Kier molecular flexibility index (Phi) is 4.11. The number of rotatable bonds is 3. The lowest BCUT2D eigenvalue weighted by Crippen LogP contribution is -2.17. The van der Waals surface area contributed by atoms with E-state index in [-0.39, 0.29) is 11.4 Å². The van der Waals surface area contributed by atoms with Gasteiger partial charge < -0.3 is 11.1 Å². The molecule has 0 heterocycles. The SMILES string of the molecule is Nc1cc(NC(=O)Cc2c(F)cccc2F)c(F)cc1F. The highest BCUT2D eigenvalue weighted by Crippen LogP contribution is 2.21. The van der Waals surface area contributed by atoms with Crippen LogP contribution in [0.15, 0.2) is 30.3 Å². The predicted molar refractivity (Wildman–Crippen MR) is 69.5 cm³/mol. The zero-order chi connectivity index (χ0) is 15.6. The summed E-state index contributed by atoms with van der Waals surface area (Å²) in [6, 6.07) is 4.56. The first kappa shape index (κ1) is 14.8. The van der Waals surface area contributed by atoms with Gasteiger partial charge in [0.25, 0.3) is 0 Å². The second-order valence-electron chi connectivity index (χ2n) is 4.28. The molecule has 0 saturated carbocycles. The van der Waals surface area contributed by atoms with Crippen LogP contribution < -0.4 is 11.1 Å². The molecular formula is C14H10F4N2O. The van der Waals surface area contributed by atoms with E-state index in [0.29, 0.717) is 6.07 Å². The van der Waals surface area contributed by atoms with Gasteiger partial charge in [0.05, 0.1) is 17.8 Å². The first-order valence-electron chi connectivity index (χ1n) is 5.85. The van der Waals surface area contributed by atoms with Crippen LogP contribution >= 0.6 is 0 Å². The molecule has 0 spiro atoms. The molecule has 7 heteroatoms. The summed E-state index contributed by atoms with van der Waals surface area (Å²) in [6.45, 7) is 0. The van der Waals surface area contributed by atoms with Gasteiger partial charge in [0, 0.05) is 11.6 Å². The summed E-state index contributed by atoms with van der Waals surface area (Å²) in [6.07, 6.45) is -0.630. The number of nitrogens with two attached hydrogens (primary N) is 1. The third-order valence-electron chi connectivity index (χ3n) is 2.76. The monoisotopic (exact) mass is 298 g/mol. The molecule has 0 bridgehead atoms. The maximum absolute atomic E-state index is 13.4. The lowest BCUT2D eigenvalue weighted by molar-refractivity contribution is -0.115. The summed E-state index contributed by atoms with van der Waals surface area (Å²) in [7, 11) is 0. The van der Waals surface area contributed by atoms with Gasteiger partial charge >= 0.3 is 0 Å². The van der Waals surface area contributed by atoms with Crippen LogP contribution in [0, 0.1) is 23.3 Å². The number of carbonyl (C=O) groups excluding carboxylic acids is 1. The Labute approximate surface area is 117 Å². The molecule has 2 aromatic carbocycles. The lowest BCUT2D eigenvalue weighted by Gasteiger charge is -2.09. The van der Waals surface area contributed by atoms with Gasteiger partial charge in [0.15, 0.2) is 0 Å². The van der Waals surface area contributed by atoms with Crippen molar-refractivity contribution in [1.29, 1.82) is 0 Å². The molecule has 0 atom stereocenters. The fourth-order valence-corrected chi connectivity index (χ4v) is 1.72. The summed E-state index contributed by atoms with van der Waals surface area (Å²) < 4.78 is 53.2. The van der Waals surface area contributed by atoms with Gasteiger partial charge in [0.2, 0.25) is 5.91 Å². The second-order valence-corrected chi connectivity index (χ2v) is 4.28. The Balaban J connectivity index is 2.18. The molecule has 0 aromatic heterocycles. The van der Waals surface area contributed by atoms with E-state index in [9.17, 15) is 22.4 Å². The van der Waals surface area contributed by atoms with E-state index in [1.807, 2.05) is 0 Å². The predicted octanol–water partition coefficient (Wildman–Crippen LogP) is 3.01. The normalized spacial score (nSPS) is 10.5. The summed E-state index contributed by atoms with van der Waals surface area (Å²) in [5, 5.41) is 2.09. The smallest absolute Gasteiger partial charge is 0.229 e. The molecule has 110 valence electrons. The topological polar surface area (TPSA) is 55.1 Å². The van der Waals surface area contributed by atoms with E-state index in [1.165, 1.54) is 0 Å². The minimum atomic E-state index is -1.04. The summed E-state index contributed by atoms with van der Waals surface area (Å²) in [5.74, 6) is -4.63. The van der Waals surface area contributed by atoms with Crippen LogP contribution in [-0.4, -0.2) is 5.91 Å². The van der Waals surface area contributed by atoms with Crippen LogP contribution in [0.3, 0.4) is 0 Å². The Bertz CT molecular complexity index is 683.